The molecule has 1 atom stereocenters. The van der Waals surface area contributed by atoms with Gasteiger partial charge in [0.2, 0.25) is 11.7 Å². The monoisotopic (exact) mass is 397 g/mol. The van der Waals surface area contributed by atoms with Crippen LogP contribution in [0.1, 0.15) is 36.8 Å². The minimum Gasteiger partial charge on any atom is -0.481 e. The Kier molecular flexibility index (Phi) is 5.43. The first kappa shape index (κ1) is 18.7. The largest absolute Gasteiger partial charge is 0.481 e. The highest BCUT2D eigenvalue weighted by Gasteiger charge is 2.22. The maximum atomic E-state index is 12.7. The molecular formula is C21H23N3O3S. The smallest absolute Gasteiger partial charge is 0.263 e. The molecule has 0 N–H and O–H groups in total. The molecule has 0 fully saturated rings. The van der Waals surface area contributed by atoms with E-state index in [9.17, 15) is 4.79 Å². The van der Waals surface area contributed by atoms with E-state index in [-0.39, 0.29) is 12.5 Å². The number of rotatable bonds is 6. The van der Waals surface area contributed by atoms with E-state index >= 15 is 0 Å². The van der Waals surface area contributed by atoms with Gasteiger partial charge < -0.3 is 14.2 Å². The quantitative estimate of drug-likeness (QED) is 0.626. The van der Waals surface area contributed by atoms with Crippen molar-refractivity contribution in [3.63, 3.8) is 0 Å². The van der Waals surface area contributed by atoms with E-state index in [1.165, 1.54) is 24.0 Å². The summed E-state index contributed by atoms with van der Waals surface area (Å²) >= 11 is 1.54. The lowest BCUT2D eigenvalue weighted by Gasteiger charge is -2.22. The van der Waals surface area contributed by atoms with E-state index in [1.807, 2.05) is 23.6 Å². The van der Waals surface area contributed by atoms with Gasteiger partial charge in [0, 0.05) is 7.05 Å². The maximum absolute atomic E-state index is 12.7. The average Bonchev–Trinajstić information content (AvgIpc) is 3.39. The molecule has 0 bridgehead atoms. The molecule has 4 rings (SSSR count). The van der Waals surface area contributed by atoms with Gasteiger partial charge in [0.25, 0.3) is 5.91 Å². The fourth-order valence-corrected chi connectivity index (χ4v) is 4.10. The van der Waals surface area contributed by atoms with Crippen LogP contribution in [0.4, 0.5) is 0 Å². The summed E-state index contributed by atoms with van der Waals surface area (Å²) in [5.74, 6) is 1.56. The number of carbonyl (C=O) groups is 1. The van der Waals surface area contributed by atoms with Crippen molar-refractivity contribution in [3.05, 3.63) is 52.7 Å². The fraction of sp³-hybridized carbons (Fsp3) is 0.381. The number of aryl methyl sites for hydroxylation is 2. The van der Waals surface area contributed by atoms with Gasteiger partial charge in [-0.1, -0.05) is 17.3 Å². The number of hydrogen-bond donors (Lipinski definition) is 0. The molecule has 7 heteroatoms. The van der Waals surface area contributed by atoms with E-state index in [0.717, 1.165) is 23.5 Å². The van der Waals surface area contributed by atoms with Gasteiger partial charge in [-0.2, -0.15) is 4.98 Å². The Hall–Kier alpha value is -2.67. The van der Waals surface area contributed by atoms with Gasteiger partial charge in [-0.25, -0.2) is 0 Å². The summed E-state index contributed by atoms with van der Waals surface area (Å²) in [4.78, 5) is 19.5. The second-order valence-corrected chi connectivity index (χ2v) is 8.03. The number of fused-ring (bicyclic) bond motifs is 1. The summed E-state index contributed by atoms with van der Waals surface area (Å²) in [6.45, 7) is 2.01. The van der Waals surface area contributed by atoms with Crippen LogP contribution < -0.4 is 4.74 Å². The van der Waals surface area contributed by atoms with E-state index in [4.69, 9.17) is 9.26 Å². The van der Waals surface area contributed by atoms with Gasteiger partial charge in [-0.3, -0.25) is 4.79 Å². The zero-order chi connectivity index (χ0) is 19.5. The van der Waals surface area contributed by atoms with Gasteiger partial charge in [0.1, 0.15) is 5.75 Å². The van der Waals surface area contributed by atoms with Crippen LogP contribution in [0.2, 0.25) is 0 Å². The van der Waals surface area contributed by atoms with Crippen molar-refractivity contribution in [2.45, 2.75) is 45.3 Å². The molecular weight excluding hydrogens is 374 g/mol. The van der Waals surface area contributed by atoms with Crippen molar-refractivity contribution in [2.24, 2.45) is 0 Å². The maximum Gasteiger partial charge on any atom is 0.263 e. The molecule has 0 saturated carbocycles. The summed E-state index contributed by atoms with van der Waals surface area (Å²) in [6.07, 6.45) is 4.08. The molecule has 0 saturated heterocycles. The minimum atomic E-state index is -0.591. The fourth-order valence-electron chi connectivity index (χ4n) is 3.45. The molecule has 3 aromatic rings. The van der Waals surface area contributed by atoms with E-state index in [2.05, 4.69) is 22.3 Å². The highest BCUT2D eigenvalue weighted by molar-refractivity contribution is 7.13. The Bertz CT molecular complexity index is 952. The normalized spacial score (nSPS) is 14.4. The van der Waals surface area contributed by atoms with E-state index in [1.54, 1.807) is 30.2 Å². The Morgan fingerprint density at radius 1 is 1.29 bits per heavy atom. The molecule has 0 radical (unpaired) electrons. The molecule has 1 aromatic carbocycles. The highest BCUT2D eigenvalue weighted by atomic mass is 32.1. The predicted octanol–water partition coefficient (Wildman–Crippen LogP) is 4.10. The number of carbonyl (C=O) groups excluding carboxylic acids is 1. The zero-order valence-corrected chi connectivity index (χ0v) is 16.9. The Labute approximate surface area is 168 Å². The molecule has 6 nitrogen and oxygen atoms in total. The van der Waals surface area contributed by atoms with E-state index < -0.39 is 6.10 Å². The van der Waals surface area contributed by atoms with Crippen molar-refractivity contribution in [2.75, 3.05) is 7.05 Å². The molecule has 2 aromatic heterocycles. The summed E-state index contributed by atoms with van der Waals surface area (Å²) < 4.78 is 11.2. The van der Waals surface area contributed by atoms with Crippen LogP contribution in [0, 0.1) is 0 Å². The lowest BCUT2D eigenvalue weighted by molar-refractivity contribution is -0.137. The number of hydrogen-bond acceptors (Lipinski definition) is 6. The van der Waals surface area contributed by atoms with Crippen LogP contribution in [0.5, 0.6) is 5.75 Å². The van der Waals surface area contributed by atoms with Crippen LogP contribution in [-0.2, 0) is 24.2 Å². The van der Waals surface area contributed by atoms with Gasteiger partial charge in [-0.05, 0) is 67.3 Å². The number of aromatic nitrogens is 2. The van der Waals surface area contributed by atoms with Crippen molar-refractivity contribution in [1.29, 1.82) is 0 Å². The van der Waals surface area contributed by atoms with Gasteiger partial charge in [0.15, 0.2) is 6.10 Å². The summed E-state index contributed by atoms with van der Waals surface area (Å²) in [5, 5.41) is 5.94. The van der Waals surface area contributed by atoms with Crippen molar-refractivity contribution in [3.8, 4) is 16.5 Å². The van der Waals surface area contributed by atoms with Crippen LogP contribution in [-0.4, -0.2) is 34.1 Å². The summed E-state index contributed by atoms with van der Waals surface area (Å²) in [6, 6.07) is 10.0. The van der Waals surface area contributed by atoms with Crippen LogP contribution in [0.25, 0.3) is 10.7 Å². The van der Waals surface area contributed by atoms with Gasteiger partial charge in [-0.15, -0.1) is 11.3 Å². The molecule has 1 amide bonds. The predicted molar refractivity (Wildman–Crippen MR) is 107 cm³/mol. The molecule has 1 aliphatic rings. The first-order valence-electron chi connectivity index (χ1n) is 9.50. The van der Waals surface area contributed by atoms with Crippen molar-refractivity contribution in [1.82, 2.24) is 15.0 Å². The molecule has 146 valence electrons. The topological polar surface area (TPSA) is 68.5 Å². The number of ether oxygens (including phenoxy) is 1. The molecule has 0 spiro atoms. The number of thiophene rings is 1. The van der Waals surface area contributed by atoms with Gasteiger partial charge >= 0.3 is 0 Å². The molecule has 0 unspecified atom stereocenters. The number of likely N-dealkylation sites (N-methyl/N-ethyl adjacent to an activating group) is 1. The second-order valence-electron chi connectivity index (χ2n) is 7.08. The van der Waals surface area contributed by atoms with Crippen LogP contribution in [0.3, 0.4) is 0 Å². The molecule has 2 heterocycles. The second kappa shape index (κ2) is 8.14. The Morgan fingerprint density at radius 3 is 2.89 bits per heavy atom. The van der Waals surface area contributed by atoms with Gasteiger partial charge in [0.05, 0.1) is 11.4 Å². The highest BCUT2D eigenvalue weighted by Crippen LogP contribution is 2.26. The van der Waals surface area contributed by atoms with Crippen molar-refractivity contribution < 1.29 is 14.1 Å². The summed E-state index contributed by atoms with van der Waals surface area (Å²) in [5.41, 5.74) is 2.73. The molecule has 1 aliphatic carbocycles. The Balaban J connectivity index is 1.37. The molecule has 28 heavy (non-hydrogen) atoms. The number of nitrogens with zero attached hydrogens (tertiary/aromatic N) is 3. The zero-order valence-electron chi connectivity index (χ0n) is 16.1. The lowest BCUT2D eigenvalue weighted by Crippen LogP contribution is -2.37. The minimum absolute atomic E-state index is 0.131. The Morgan fingerprint density at radius 2 is 2.11 bits per heavy atom. The van der Waals surface area contributed by atoms with Crippen molar-refractivity contribution >= 4 is 17.2 Å². The third-order valence-electron chi connectivity index (χ3n) is 4.94. The molecule has 0 aliphatic heterocycles. The first-order chi connectivity index (χ1) is 13.6. The number of benzene rings is 1. The third-order valence-corrected chi connectivity index (χ3v) is 5.80. The van der Waals surface area contributed by atoms with Crippen LogP contribution >= 0.6 is 11.3 Å². The first-order valence-corrected chi connectivity index (χ1v) is 10.4. The third kappa shape index (κ3) is 4.09. The SMILES string of the molecule is C[C@@H](Oc1ccc2c(c1)CCCC2)C(=O)N(C)Cc1nc(-c2cccs2)no1. The van der Waals surface area contributed by atoms with E-state index in [0.29, 0.717) is 11.7 Å². The lowest BCUT2D eigenvalue weighted by atomic mass is 9.92. The number of amides is 1. The summed E-state index contributed by atoms with van der Waals surface area (Å²) in [7, 11) is 1.71. The van der Waals surface area contributed by atoms with Crippen LogP contribution in [0.15, 0.2) is 40.2 Å². The standard InChI is InChI=1S/C21H23N3O3S/c1-14(26-17-10-9-15-6-3-4-7-16(15)12-17)21(25)24(2)13-19-22-20(23-27-19)18-8-5-11-28-18/h5,8-12,14H,3-4,6-7,13H2,1-2H3/t14-/m1/s1. The average molecular weight is 398 g/mol.